The molecule has 4 amide bonds. The van der Waals surface area contributed by atoms with Crippen LogP contribution < -0.4 is 5.32 Å². The van der Waals surface area contributed by atoms with E-state index in [0.717, 1.165) is 4.90 Å². The van der Waals surface area contributed by atoms with E-state index in [1.807, 2.05) is 0 Å². The molecule has 21 heavy (non-hydrogen) atoms. The van der Waals surface area contributed by atoms with E-state index in [2.05, 4.69) is 5.32 Å². The highest BCUT2D eigenvalue weighted by Crippen LogP contribution is 2.09. The molecule has 0 radical (unpaired) electrons. The first-order valence-corrected chi connectivity index (χ1v) is 6.81. The summed E-state index contributed by atoms with van der Waals surface area (Å²) in [4.78, 5) is 48.0. The molecule has 0 bridgehead atoms. The molecule has 8 heteroatoms. The summed E-state index contributed by atoms with van der Waals surface area (Å²) in [7, 11) is 1.54. The minimum atomic E-state index is -0.973. The lowest BCUT2D eigenvalue weighted by atomic mass is 10.0. The third-order valence-electron chi connectivity index (χ3n) is 3.54. The Bertz CT molecular complexity index is 451. The number of carboxylic acid groups (broad SMARTS) is 1. The maximum atomic E-state index is 11.7. The Morgan fingerprint density at radius 2 is 1.95 bits per heavy atom. The first kappa shape index (κ1) is 16.9. The molecule has 118 valence electrons. The van der Waals surface area contributed by atoms with Crippen LogP contribution in [0.2, 0.25) is 0 Å². The van der Waals surface area contributed by atoms with Crippen LogP contribution in [0.15, 0.2) is 0 Å². The Hall–Kier alpha value is -2.12. The number of nitrogens with one attached hydrogen (secondary N) is 1. The number of nitrogens with zero attached hydrogens (tertiary/aromatic N) is 2. The van der Waals surface area contributed by atoms with Gasteiger partial charge in [0.25, 0.3) is 0 Å². The van der Waals surface area contributed by atoms with Crippen molar-refractivity contribution in [2.24, 2.45) is 5.92 Å². The summed E-state index contributed by atoms with van der Waals surface area (Å²) in [6.07, 6.45) is 0.489. The second-order valence-electron chi connectivity index (χ2n) is 5.27. The van der Waals surface area contributed by atoms with Gasteiger partial charge in [-0.1, -0.05) is 0 Å². The van der Waals surface area contributed by atoms with E-state index < -0.39 is 17.9 Å². The topological polar surface area (TPSA) is 107 Å². The molecule has 1 aliphatic rings. The van der Waals surface area contributed by atoms with Gasteiger partial charge in [-0.05, 0) is 20.3 Å². The highest BCUT2D eigenvalue weighted by molar-refractivity contribution is 6.01. The molecule has 2 atom stereocenters. The second-order valence-corrected chi connectivity index (χ2v) is 5.27. The van der Waals surface area contributed by atoms with Crippen molar-refractivity contribution in [3.63, 3.8) is 0 Å². The number of aliphatic carboxylic acids is 1. The van der Waals surface area contributed by atoms with Gasteiger partial charge < -0.3 is 15.3 Å². The molecule has 0 aromatic rings. The van der Waals surface area contributed by atoms with Crippen LogP contribution in [0.4, 0.5) is 4.79 Å². The molecule has 1 heterocycles. The van der Waals surface area contributed by atoms with Crippen LogP contribution in [0.25, 0.3) is 0 Å². The molecule has 2 unspecified atom stereocenters. The minimum Gasteiger partial charge on any atom is -0.481 e. The molecule has 0 saturated carbocycles. The number of carboxylic acids is 1. The van der Waals surface area contributed by atoms with Gasteiger partial charge in [0, 0.05) is 26.1 Å². The molecule has 2 N–H and O–H groups in total. The number of carbonyl (C=O) groups excluding carboxylic acids is 3. The molecule has 1 aliphatic heterocycles. The van der Waals surface area contributed by atoms with Gasteiger partial charge in [-0.2, -0.15) is 0 Å². The summed E-state index contributed by atoms with van der Waals surface area (Å²) in [6.45, 7) is 3.40. The first-order chi connectivity index (χ1) is 9.73. The normalized spacial score (nSPS) is 17.9. The number of imide groups is 1. The van der Waals surface area contributed by atoms with E-state index in [-0.39, 0.29) is 37.4 Å². The van der Waals surface area contributed by atoms with Crippen LogP contribution in [0, 0.1) is 5.92 Å². The van der Waals surface area contributed by atoms with Crippen LogP contribution in [0.1, 0.15) is 26.7 Å². The number of hydrogen-bond acceptors (Lipinski definition) is 4. The summed E-state index contributed by atoms with van der Waals surface area (Å²) < 4.78 is 0. The van der Waals surface area contributed by atoms with Crippen LogP contribution >= 0.6 is 0 Å². The Labute approximate surface area is 123 Å². The van der Waals surface area contributed by atoms with Crippen LogP contribution in [-0.2, 0) is 14.4 Å². The van der Waals surface area contributed by atoms with E-state index in [1.165, 1.54) is 11.8 Å². The Kier molecular flexibility index (Phi) is 5.69. The Morgan fingerprint density at radius 1 is 1.33 bits per heavy atom. The Balaban J connectivity index is 2.33. The lowest BCUT2D eigenvalue weighted by molar-refractivity contribution is -0.142. The van der Waals surface area contributed by atoms with Gasteiger partial charge in [-0.25, -0.2) is 4.79 Å². The molecule has 1 fully saturated rings. The predicted octanol–water partition coefficient (Wildman–Crippen LogP) is -0.114. The summed E-state index contributed by atoms with van der Waals surface area (Å²) in [5.41, 5.74) is 0. The van der Waals surface area contributed by atoms with Crippen LogP contribution in [-0.4, -0.2) is 64.9 Å². The van der Waals surface area contributed by atoms with E-state index in [1.54, 1.807) is 14.0 Å². The van der Waals surface area contributed by atoms with Crippen LogP contribution in [0.3, 0.4) is 0 Å². The SMILES string of the molecule is CC(NC(=O)CCCN1C(=O)CN(C)C1=O)C(C)C(=O)O. The quantitative estimate of drug-likeness (QED) is 0.638. The molecule has 0 aliphatic carbocycles. The van der Waals surface area contributed by atoms with Gasteiger partial charge in [0.15, 0.2) is 0 Å². The van der Waals surface area contributed by atoms with Gasteiger partial charge >= 0.3 is 12.0 Å². The third kappa shape index (κ3) is 4.44. The van der Waals surface area contributed by atoms with Crippen molar-refractivity contribution in [1.82, 2.24) is 15.1 Å². The molecule has 0 spiro atoms. The van der Waals surface area contributed by atoms with Crippen molar-refractivity contribution >= 4 is 23.8 Å². The molecule has 1 rings (SSSR count). The van der Waals surface area contributed by atoms with E-state index in [9.17, 15) is 19.2 Å². The molecule has 1 saturated heterocycles. The fourth-order valence-electron chi connectivity index (χ4n) is 1.95. The molecule has 0 aromatic carbocycles. The fourth-order valence-corrected chi connectivity index (χ4v) is 1.95. The zero-order valence-electron chi connectivity index (χ0n) is 12.5. The van der Waals surface area contributed by atoms with Gasteiger partial charge in [0.2, 0.25) is 11.8 Å². The average molecular weight is 299 g/mol. The van der Waals surface area contributed by atoms with Crippen molar-refractivity contribution in [3.05, 3.63) is 0 Å². The summed E-state index contributed by atoms with van der Waals surface area (Å²) in [6, 6.07) is -0.829. The molecular weight excluding hydrogens is 278 g/mol. The molecule has 8 nitrogen and oxygen atoms in total. The van der Waals surface area contributed by atoms with Gasteiger partial charge in [-0.3, -0.25) is 19.3 Å². The summed E-state index contributed by atoms with van der Waals surface area (Å²) in [5, 5.41) is 11.4. The summed E-state index contributed by atoms with van der Waals surface area (Å²) in [5.74, 6) is -2.21. The first-order valence-electron chi connectivity index (χ1n) is 6.81. The van der Waals surface area contributed by atoms with E-state index >= 15 is 0 Å². The number of carbonyl (C=O) groups is 4. The third-order valence-corrected chi connectivity index (χ3v) is 3.54. The van der Waals surface area contributed by atoms with Gasteiger partial charge in [-0.15, -0.1) is 0 Å². The monoisotopic (exact) mass is 299 g/mol. The van der Waals surface area contributed by atoms with Gasteiger partial charge in [0.05, 0.1) is 5.92 Å². The molecule has 0 aromatic heterocycles. The lowest BCUT2D eigenvalue weighted by Gasteiger charge is -2.18. The number of rotatable bonds is 7. The van der Waals surface area contributed by atoms with Crippen molar-refractivity contribution in [3.8, 4) is 0 Å². The second kappa shape index (κ2) is 7.05. The number of urea groups is 1. The number of hydrogen-bond donors (Lipinski definition) is 2. The zero-order chi connectivity index (χ0) is 16.2. The van der Waals surface area contributed by atoms with E-state index in [4.69, 9.17) is 5.11 Å². The smallest absolute Gasteiger partial charge is 0.326 e. The maximum absolute atomic E-state index is 11.7. The number of likely N-dealkylation sites (N-methyl/N-ethyl adjacent to an activating group) is 1. The highest BCUT2D eigenvalue weighted by atomic mass is 16.4. The predicted molar refractivity (Wildman–Crippen MR) is 73.4 cm³/mol. The zero-order valence-corrected chi connectivity index (χ0v) is 12.5. The summed E-state index contributed by atoms with van der Waals surface area (Å²) >= 11 is 0. The van der Waals surface area contributed by atoms with Crippen molar-refractivity contribution in [2.45, 2.75) is 32.7 Å². The van der Waals surface area contributed by atoms with Crippen molar-refractivity contribution < 1.29 is 24.3 Å². The molecular formula is C13H21N3O5. The average Bonchev–Trinajstić information content (AvgIpc) is 2.63. The highest BCUT2D eigenvalue weighted by Gasteiger charge is 2.32. The lowest BCUT2D eigenvalue weighted by Crippen LogP contribution is -2.40. The largest absolute Gasteiger partial charge is 0.481 e. The van der Waals surface area contributed by atoms with E-state index in [0.29, 0.717) is 6.42 Å². The standard InChI is InChI=1S/C13H21N3O5/c1-8(12(19)20)9(2)14-10(17)5-4-6-16-11(18)7-15(3)13(16)21/h8-9H,4-7H2,1-3H3,(H,14,17)(H,19,20). The van der Waals surface area contributed by atoms with Crippen LogP contribution in [0.5, 0.6) is 0 Å². The number of amides is 4. The van der Waals surface area contributed by atoms with Gasteiger partial charge in [0.1, 0.15) is 6.54 Å². The Morgan fingerprint density at radius 3 is 2.43 bits per heavy atom. The fraction of sp³-hybridized carbons (Fsp3) is 0.692. The maximum Gasteiger partial charge on any atom is 0.326 e. The minimum absolute atomic E-state index is 0.0676. The van der Waals surface area contributed by atoms with Crippen molar-refractivity contribution in [2.75, 3.05) is 20.1 Å². The van der Waals surface area contributed by atoms with Crippen molar-refractivity contribution in [1.29, 1.82) is 0 Å².